The van der Waals surface area contributed by atoms with Crippen molar-refractivity contribution in [1.82, 2.24) is 9.97 Å². The summed E-state index contributed by atoms with van der Waals surface area (Å²) in [7, 11) is 0. The van der Waals surface area contributed by atoms with Crippen LogP contribution in [0.1, 0.15) is 38.3 Å². The molecule has 0 aliphatic heterocycles. The highest BCUT2D eigenvalue weighted by molar-refractivity contribution is 5.68. The summed E-state index contributed by atoms with van der Waals surface area (Å²) >= 11 is 0. The zero-order valence-corrected chi connectivity index (χ0v) is 12.6. The maximum atomic E-state index is 4.51. The number of benzene rings is 1. The predicted octanol–water partition coefficient (Wildman–Crippen LogP) is 4.09. The Kier molecular flexibility index (Phi) is 5.10. The summed E-state index contributed by atoms with van der Waals surface area (Å²) in [6.45, 7) is 7.33. The molecule has 1 aromatic heterocycles. The minimum atomic E-state index is 0.877. The molecule has 0 bridgehead atoms. The Morgan fingerprint density at radius 1 is 1.00 bits per heavy atom. The highest BCUT2D eigenvalue weighted by Gasteiger charge is 2.11. The molecule has 0 saturated carbocycles. The summed E-state index contributed by atoms with van der Waals surface area (Å²) in [5.41, 5.74) is 4.81. The van der Waals surface area contributed by atoms with E-state index in [1.165, 1.54) is 16.7 Å². The van der Waals surface area contributed by atoms with Crippen LogP contribution in [-0.4, -0.2) is 16.5 Å². The van der Waals surface area contributed by atoms with E-state index in [4.69, 9.17) is 0 Å². The van der Waals surface area contributed by atoms with Gasteiger partial charge < -0.3 is 5.32 Å². The summed E-state index contributed by atoms with van der Waals surface area (Å²) in [4.78, 5) is 8.90. The second-order valence-electron chi connectivity index (χ2n) is 4.88. The summed E-state index contributed by atoms with van der Waals surface area (Å²) in [5, 5.41) is 3.34. The minimum Gasteiger partial charge on any atom is -0.370 e. The lowest BCUT2D eigenvalue weighted by Gasteiger charge is -2.13. The molecule has 2 aromatic rings. The van der Waals surface area contributed by atoms with E-state index in [2.05, 4.69) is 60.3 Å². The second kappa shape index (κ2) is 7.04. The summed E-state index contributed by atoms with van der Waals surface area (Å²) in [6, 6.07) is 8.69. The van der Waals surface area contributed by atoms with Crippen molar-refractivity contribution in [3.8, 4) is 11.3 Å². The Balaban J connectivity index is 2.45. The average Bonchev–Trinajstić information content (AvgIpc) is 2.49. The lowest BCUT2D eigenvalue weighted by atomic mass is 10.0. The Labute approximate surface area is 121 Å². The fourth-order valence-corrected chi connectivity index (χ4v) is 2.37. The van der Waals surface area contributed by atoms with E-state index < -0.39 is 0 Å². The summed E-state index contributed by atoms with van der Waals surface area (Å²) in [6.07, 6.45) is 4.80. The van der Waals surface area contributed by atoms with Crippen LogP contribution >= 0.6 is 0 Å². The van der Waals surface area contributed by atoms with Gasteiger partial charge in [-0.3, -0.25) is 0 Å². The molecule has 0 aliphatic rings. The van der Waals surface area contributed by atoms with Gasteiger partial charge in [0, 0.05) is 17.7 Å². The van der Waals surface area contributed by atoms with Crippen molar-refractivity contribution in [2.45, 2.75) is 40.0 Å². The van der Waals surface area contributed by atoms with E-state index in [-0.39, 0.29) is 0 Å². The fraction of sp³-hybridized carbons (Fsp3) is 0.412. The van der Waals surface area contributed by atoms with Gasteiger partial charge >= 0.3 is 0 Å². The lowest BCUT2D eigenvalue weighted by Crippen LogP contribution is -2.06. The van der Waals surface area contributed by atoms with E-state index in [0.29, 0.717) is 0 Å². The first-order chi connectivity index (χ1) is 9.80. The zero-order chi connectivity index (χ0) is 14.4. The third kappa shape index (κ3) is 3.16. The number of aryl methyl sites for hydroxylation is 1. The largest absolute Gasteiger partial charge is 0.370 e. The quantitative estimate of drug-likeness (QED) is 0.858. The maximum absolute atomic E-state index is 4.51. The van der Waals surface area contributed by atoms with Crippen molar-refractivity contribution in [3.05, 3.63) is 41.7 Å². The van der Waals surface area contributed by atoms with E-state index in [9.17, 15) is 0 Å². The first-order valence-electron chi connectivity index (χ1n) is 7.47. The first kappa shape index (κ1) is 14.5. The van der Waals surface area contributed by atoms with Crippen LogP contribution in [0.2, 0.25) is 0 Å². The molecule has 1 heterocycles. The van der Waals surface area contributed by atoms with Crippen LogP contribution in [0.15, 0.2) is 30.6 Å². The molecule has 1 aromatic carbocycles. The Morgan fingerprint density at radius 3 is 2.35 bits per heavy atom. The molecule has 3 nitrogen and oxygen atoms in total. The van der Waals surface area contributed by atoms with Crippen LogP contribution in [0.5, 0.6) is 0 Å². The van der Waals surface area contributed by atoms with Gasteiger partial charge in [0.1, 0.15) is 12.1 Å². The van der Waals surface area contributed by atoms with E-state index in [1.807, 2.05) is 0 Å². The summed E-state index contributed by atoms with van der Waals surface area (Å²) in [5.74, 6) is 0.971. The molecule has 0 spiro atoms. The van der Waals surface area contributed by atoms with Crippen LogP contribution in [0.3, 0.4) is 0 Å². The topological polar surface area (TPSA) is 37.8 Å². The molecule has 0 radical (unpaired) electrons. The molecule has 0 fully saturated rings. The van der Waals surface area contributed by atoms with E-state index in [0.717, 1.165) is 37.3 Å². The average molecular weight is 269 g/mol. The van der Waals surface area contributed by atoms with Crippen molar-refractivity contribution < 1.29 is 0 Å². The molecule has 3 heteroatoms. The number of hydrogen-bond acceptors (Lipinski definition) is 3. The van der Waals surface area contributed by atoms with Crippen LogP contribution in [-0.2, 0) is 12.8 Å². The molecular formula is C17H23N3. The van der Waals surface area contributed by atoms with E-state index >= 15 is 0 Å². The van der Waals surface area contributed by atoms with Crippen LogP contribution in [0.25, 0.3) is 11.3 Å². The highest BCUT2D eigenvalue weighted by Crippen LogP contribution is 2.27. The van der Waals surface area contributed by atoms with Gasteiger partial charge in [-0.2, -0.15) is 0 Å². The monoisotopic (exact) mass is 269 g/mol. The van der Waals surface area contributed by atoms with Gasteiger partial charge in [-0.05, 0) is 25.3 Å². The van der Waals surface area contributed by atoms with Gasteiger partial charge in [0.25, 0.3) is 0 Å². The zero-order valence-electron chi connectivity index (χ0n) is 12.6. The van der Waals surface area contributed by atoms with Gasteiger partial charge in [0.15, 0.2) is 0 Å². The number of nitrogens with zero attached hydrogens (tertiary/aromatic N) is 2. The van der Waals surface area contributed by atoms with Gasteiger partial charge in [-0.25, -0.2) is 9.97 Å². The van der Waals surface area contributed by atoms with Crippen molar-refractivity contribution in [2.75, 3.05) is 11.9 Å². The summed E-state index contributed by atoms with van der Waals surface area (Å²) < 4.78 is 0. The number of nitrogens with one attached hydrogen (secondary N) is 1. The van der Waals surface area contributed by atoms with Crippen LogP contribution in [0, 0.1) is 0 Å². The maximum Gasteiger partial charge on any atom is 0.133 e. The first-order valence-corrected chi connectivity index (χ1v) is 7.47. The van der Waals surface area contributed by atoms with Gasteiger partial charge in [-0.15, -0.1) is 0 Å². The van der Waals surface area contributed by atoms with Gasteiger partial charge in [-0.1, -0.05) is 44.5 Å². The number of aromatic nitrogens is 2. The SMILES string of the molecule is CCCc1c(NCC)ncnc1-c1ccc(CC)cc1. The fourth-order valence-electron chi connectivity index (χ4n) is 2.37. The third-order valence-electron chi connectivity index (χ3n) is 3.43. The molecular weight excluding hydrogens is 246 g/mol. The Hall–Kier alpha value is -1.90. The number of anilines is 1. The molecule has 0 saturated heterocycles. The van der Waals surface area contributed by atoms with Crippen molar-refractivity contribution >= 4 is 5.82 Å². The molecule has 1 N–H and O–H groups in total. The third-order valence-corrected chi connectivity index (χ3v) is 3.43. The Morgan fingerprint density at radius 2 is 1.75 bits per heavy atom. The van der Waals surface area contributed by atoms with Crippen molar-refractivity contribution in [3.63, 3.8) is 0 Å². The normalized spacial score (nSPS) is 10.6. The van der Waals surface area contributed by atoms with Crippen molar-refractivity contribution in [1.29, 1.82) is 0 Å². The van der Waals surface area contributed by atoms with Gasteiger partial charge in [0.2, 0.25) is 0 Å². The highest BCUT2D eigenvalue weighted by atomic mass is 15.0. The molecule has 0 aliphatic carbocycles. The molecule has 0 amide bonds. The predicted molar refractivity (Wildman–Crippen MR) is 85.0 cm³/mol. The second-order valence-corrected chi connectivity index (χ2v) is 4.88. The lowest BCUT2D eigenvalue weighted by molar-refractivity contribution is 0.902. The molecule has 0 atom stereocenters. The van der Waals surface area contributed by atoms with Gasteiger partial charge in [0.05, 0.1) is 5.69 Å². The number of rotatable bonds is 6. The Bertz CT molecular complexity index is 547. The molecule has 0 unspecified atom stereocenters. The standard InChI is InChI=1S/C17H23N3/c1-4-7-15-16(19-12-20-17(15)18-6-3)14-10-8-13(5-2)9-11-14/h8-12H,4-7H2,1-3H3,(H,18,19,20). The van der Waals surface area contributed by atoms with Crippen LogP contribution < -0.4 is 5.32 Å². The molecule has 2 rings (SSSR count). The van der Waals surface area contributed by atoms with Crippen LogP contribution in [0.4, 0.5) is 5.82 Å². The van der Waals surface area contributed by atoms with E-state index in [1.54, 1.807) is 6.33 Å². The molecule has 106 valence electrons. The minimum absolute atomic E-state index is 0.877. The van der Waals surface area contributed by atoms with Crippen molar-refractivity contribution in [2.24, 2.45) is 0 Å². The smallest absolute Gasteiger partial charge is 0.133 e. The number of hydrogen-bond donors (Lipinski definition) is 1. The molecule has 20 heavy (non-hydrogen) atoms.